The minimum atomic E-state index is 0.532. The van der Waals surface area contributed by atoms with Crippen molar-refractivity contribution in [3.8, 4) is 12.1 Å². The van der Waals surface area contributed by atoms with Gasteiger partial charge in [-0.2, -0.15) is 10.5 Å². The summed E-state index contributed by atoms with van der Waals surface area (Å²) in [6.07, 6.45) is 3.15. The lowest BCUT2D eigenvalue weighted by atomic mass is 10.4. The summed E-state index contributed by atoms with van der Waals surface area (Å²) in [6, 6.07) is 6.20. The lowest BCUT2D eigenvalue weighted by Crippen LogP contribution is -2.03. The van der Waals surface area contributed by atoms with Crippen LogP contribution in [0.2, 0.25) is 12.1 Å². The van der Waals surface area contributed by atoms with E-state index >= 15 is 0 Å². The van der Waals surface area contributed by atoms with E-state index in [-0.39, 0.29) is 0 Å². The molecule has 0 bridgehead atoms. The number of rotatable bonds is 8. The normalized spacial score (nSPS) is 9.08. The van der Waals surface area contributed by atoms with Gasteiger partial charge in [0.2, 0.25) is 19.5 Å². The van der Waals surface area contributed by atoms with Crippen LogP contribution in [-0.4, -0.2) is 19.5 Å². The molecule has 0 saturated heterocycles. The van der Waals surface area contributed by atoms with Crippen LogP contribution in [0.25, 0.3) is 0 Å². The molecule has 0 amide bonds. The van der Waals surface area contributed by atoms with Crippen molar-refractivity contribution in [1.29, 1.82) is 10.5 Å². The van der Waals surface area contributed by atoms with Crippen molar-refractivity contribution >= 4 is 19.5 Å². The first-order valence-electron chi connectivity index (χ1n) is 4.27. The second-order valence-corrected chi connectivity index (χ2v) is 4.81. The third-order valence-corrected chi connectivity index (χ3v) is 3.55. The molecule has 0 aromatic heterocycles. The average molecular weight is 208 g/mol. The summed E-state index contributed by atoms with van der Waals surface area (Å²) in [5.41, 5.74) is 0. The summed E-state index contributed by atoms with van der Waals surface area (Å²) >= 11 is 0. The molecule has 0 aromatic rings. The van der Waals surface area contributed by atoms with E-state index in [4.69, 9.17) is 14.6 Å². The van der Waals surface area contributed by atoms with Gasteiger partial charge in [-0.25, -0.2) is 0 Å². The van der Waals surface area contributed by atoms with E-state index in [2.05, 4.69) is 12.1 Å². The van der Waals surface area contributed by atoms with Gasteiger partial charge in [-0.15, -0.1) is 0 Å². The summed E-state index contributed by atoms with van der Waals surface area (Å²) in [5.74, 6) is 0. The van der Waals surface area contributed by atoms with Crippen LogP contribution in [0.3, 0.4) is 0 Å². The molecule has 0 saturated carbocycles. The maximum absolute atomic E-state index is 8.25. The molecule has 0 unspecified atom stereocenters. The van der Waals surface area contributed by atoms with Crippen molar-refractivity contribution in [2.24, 2.45) is 0 Å². The summed E-state index contributed by atoms with van der Waals surface area (Å²) in [4.78, 5) is 0. The third-order valence-electron chi connectivity index (χ3n) is 1.28. The van der Waals surface area contributed by atoms with Gasteiger partial charge in [0.05, 0.1) is 12.1 Å². The van der Waals surface area contributed by atoms with E-state index in [9.17, 15) is 0 Å². The highest BCUT2D eigenvalue weighted by Gasteiger charge is 1.94. The summed E-state index contributed by atoms with van der Waals surface area (Å²) < 4.78 is 5.36. The maximum atomic E-state index is 8.25. The first-order valence-corrected chi connectivity index (χ1v) is 6.50. The van der Waals surface area contributed by atoms with Gasteiger partial charge in [0.15, 0.2) is 0 Å². The Labute approximate surface area is 84.6 Å². The molecule has 0 spiro atoms. The molecule has 0 N–H and O–H groups in total. The SMILES string of the molecule is N#CCCC[Si]O[Si]CCCC#N. The predicted octanol–water partition coefficient (Wildman–Crippen LogP) is 1.69. The summed E-state index contributed by atoms with van der Waals surface area (Å²) in [7, 11) is 1.06. The number of nitrogens with zero attached hydrogens (tertiary/aromatic N) is 2. The van der Waals surface area contributed by atoms with Crippen molar-refractivity contribution in [3.63, 3.8) is 0 Å². The van der Waals surface area contributed by atoms with Gasteiger partial charge in [0.1, 0.15) is 0 Å². The Balaban J connectivity index is 2.85. The molecule has 5 heteroatoms. The molecule has 0 heterocycles. The molecule has 0 rings (SSSR count). The van der Waals surface area contributed by atoms with Crippen LogP contribution in [0.15, 0.2) is 0 Å². The van der Waals surface area contributed by atoms with E-state index in [0.717, 1.165) is 24.9 Å². The Morgan fingerprint density at radius 3 is 1.77 bits per heavy atom. The van der Waals surface area contributed by atoms with Crippen molar-refractivity contribution in [1.82, 2.24) is 0 Å². The summed E-state index contributed by atoms with van der Waals surface area (Å²) in [5, 5.41) is 16.5. The number of hydrogen-bond donors (Lipinski definition) is 0. The van der Waals surface area contributed by atoms with E-state index in [1.54, 1.807) is 0 Å². The Morgan fingerprint density at radius 1 is 0.923 bits per heavy atom. The van der Waals surface area contributed by atoms with Crippen LogP contribution in [0.1, 0.15) is 25.7 Å². The fraction of sp³-hybridized carbons (Fsp3) is 0.750. The zero-order chi connectivity index (χ0) is 9.78. The molecular weight excluding hydrogens is 196 g/mol. The smallest absolute Gasteiger partial charge is 0.214 e. The van der Waals surface area contributed by atoms with E-state index in [0.29, 0.717) is 32.4 Å². The summed E-state index contributed by atoms with van der Waals surface area (Å²) in [6.45, 7) is 0. The van der Waals surface area contributed by atoms with E-state index < -0.39 is 0 Å². The van der Waals surface area contributed by atoms with Crippen LogP contribution < -0.4 is 0 Å². The van der Waals surface area contributed by atoms with Crippen LogP contribution >= 0.6 is 0 Å². The number of unbranched alkanes of at least 4 members (excludes halogenated alkanes) is 2. The quantitative estimate of drug-likeness (QED) is 0.450. The van der Waals surface area contributed by atoms with Crippen LogP contribution in [0.4, 0.5) is 0 Å². The molecular formula is C8H12N2OSi2. The minimum Gasteiger partial charge on any atom is -0.457 e. The first-order chi connectivity index (χ1) is 6.41. The fourth-order valence-electron chi connectivity index (χ4n) is 0.632. The Hall–Kier alpha value is -0.626. The molecule has 0 aliphatic rings. The Kier molecular flexibility index (Phi) is 10.8. The minimum absolute atomic E-state index is 0.532. The van der Waals surface area contributed by atoms with Gasteiger partial charge < -0.3 is 4.12 Å². The molecule has 0 atom stereocenters. The second-order valence-electron chi connectivity index (χ2n) is 2.41. The first kappa shape index (κ1) is 12.4. The van der Waals surface area contributed by atoms with Crippen LogP contribution in [0, 0.1) is 22.7 Å². The van der Waals surface area contributed by atoms with Gasteiger partial charge in [-0.3, -0.25) is 0 Å². The molecule has 13 heavy (non-hydrogen) atoms. The molecule has 68 valence electrons. The van der Waals surface area contributed by atoms with Crippen LogP contribution in [0.5, 0.6) is 0 Å². The molecule has 0 aromatic carbocycles. The number of nitriles is 2. The van der Waals surface area contributed by atoms with Gasteiger partial charge >= 0.3 is 0 Å². The number of hydrogen-bond acceptors (Lipinski definition) is 3. The molecule has 3 nitrogen and oxygen atoms in total. The van der Waals surface area contributed by atoms with Crippen molar-refractivity contribution in [2.45, 2.75) is 37.8 Å². The van der Waals surface area contributed by atoms with E-state index in [1.807, 2.05) is 0 Å². The van der Waals surface area contributed by atoms with Gasteiger partial charge in [0.25, 0.3) is 0 Å². The monoisotopic (exact) mass is 208 g/mol. The van der Waals surface area contributed by atoms with Gasteiger partial charge in [0, 0.05) is 12.8 Å². The third kappa shape index (κ3) is 11.4. The Morgan fingerprint density at radius 2 is 1.38 bits per heavy atom. The highest BCUT2D eigenvalue weighted by atomic mass is 28.3. The van der Waals surface area contributed by atoms with Crippen molar-refractivity contribution < 1.29 is 4.12 Å². The predicted molar refractivity (Wildman–Crippen MR) is 51.9 cm³/mol. The lowest BCUT2D eigenvalue weighted by Gasteiger charge is -1.97. The highest BCUT2D eigenvalue weighted by Crippen LogP contribution is 1.96. The molecule has 4 radical (unpaired) electrons. The van der Waals surface area contributed by atoms with Gasteiger partial charge in [-0.1, -0.05) is 0 Å². The fourth-order valence-corrected chi connectivity index (χ4v) is 2.50. The van der Waals surface area contributed by atoms with E-state index in [1.165, 1.54) is 0 Å². The topological polar surface area (TPSA) is 56.8 Å². The Bertz CT molecular complexity index is 166. The van der Waals surface area contributed by atoms with Gasteiger partial charge in [-0.05, 0) is 24.9 Å². The largest absolute Gasteiger partial charge is 0.457 e. The van der Waals surface area contributed by atoms with Crippen molar-refractivity contribution in [3.05, 3.63) is 0 Å². The standard InChI is InChI=1S/C8H12N2OSi2/c9-5-1-3-7-12-11-13-8-4-2-6-10/h1-4,7-8H2. The second kappa shape index (κ2) is 11.4. The lowest BCUT2D eigenvalue weighted by molar-refractivity contribution is 0.624. The molecule has 0 aliphatic carbocycles. The molecule has 0 fully saturated rings. The zero-order valence-electron chi connectivity index (χ0n) is 7.55. The van der Waals surface area contributed by atoms with Crippen LogP contribution in [-0.2, 0) is 4.12 Å². The maximum Gasteiger partial charge on any atom is 0.214 e. The van der Waals surface area contributed by atoms with Crippen molar-refractivity contribution in [2.75, 3.05) is 0 Å². The zero-order valence-corrected chi connectivity index (χ0v) is 9.55. The molecule has 0 aliphatic heterocycles. The highest BCUT2D eigenvalue weighted by molar-refractivity contribution is 6.42. The average Bonchev–Trinajstić information content (AvgIpc) is 2.16.